The van der Waals surface area contributed by atoms with Crippen LogP contribution in [0.5, 0.6) is 5.88 Å². The summed E-state index contributed by atoms with van der Waals surface area (Å²) >= 11 is 0. The van der Waals surface area contributed by atoms with Gasteiger partial charge in [0.05, 0.1) is 16.6 Å². The van der Waals surface area contributed by atoms with Crippen LogP contribution in [0.4, 0.5) is 0 Å². The van der Waals surface area contributed by atoms with E-state index in [4.69, 9.17) is 4.74 Å². The van der Waals surface area contributed by atoms with Crippen molar-refractivity contribution < 1.29 is 4.74 Å². The molecule has 4 nitrogen and oxygen atoms in total. The van der Waals surface area contributed by atoms with Crippen LogP contribution in [0, 0.1) is 13.8 Å². The smallest absolute Gasteiger partial charge is 0.225 e. The zero-order valence-electron chi connectivity index (χ0n) is 11.0. The summed E-state index contributed by atoms with van der Waals surface area (Å²) in [5.74, 6) is 0.753. The van der Waals surface area contributed by atoms with Gasteiger partial charge < -0.3 is 4.74 Å². The topological polar surface area (TPSA) is 50.8 Å². The van der Waals surface area contributed by atoms with Gasteiger partial charge in [-0.15, -0.1) is 0 Å². The Bertz CT molecular complexity index is 555. The summed E-state index contributed by atoms with van der Waals surface area (Å²) in [4.78, 5) is 4.55. The molecule has 3 rings (SSSR count). The summed E-state index contributed by atoms with van der Waals surface area (Å²) in [6.45, 7) is 3.98. The average molecular weight is 245 g/mol. The van der Waals surface area contributed by atoms with E-state index in [0.29, 0.717) is 6.10 Å². The lowest BCUT2D eigenvalue weighted by Crippen LogP contribution is -2.20. The fraction of sp³-hybridized carbons (Fsp3) is 0.571. The van der Waals surface area contributed by atoms with E-state index >= 15 is 0 Å². The molecule has 0 bridgehead atoms. The van der Waals surface area contributed by atoms with E-state index in [9.17, 15) is 0 Å². The average Bonchev–Trinajstić information content (AvgIpc) is 2.72. The summed E-state index contributed by atoms with van der Waals surface area (Å²) in [6, 6.07) is 2.02. The molecule has 2 aromatic rings. The summed E-state index contributed by atoms with van der Waals surface area (Å²) in [6.07, 6.45) is 6.49. The number of nitrogens with zero attached hydrogens (tertiary/aromatic N) is 2. The quantitative estimate of drug-likeness (QED) is 0.883. The molecule has 0 saturated heterocycles. The molecule has 96 valence electrons. The standard InChI is InChI=1S/C14H19N3O/c1-9-8-12-13(10(2)16-17-12)14(15-9)18-11-6-4-3-5-7-11/h8,11H,3-7H2,1-2H3,(H,16,17). The van der Waals surface area contributed by atoms with E-state index < -0.39 is 0 Å². The highest BCUT2D eigenvalue weighted by molar-refractivity contribution is 5.86. The summed E-state index contributed by atoms with van der Waals surface area (Å²) < 4.78 is 6.12. The van der Waals surface area contributed by atoms with E-state index in [-0.39, 0.29) is 0 Å². The predicted molar refractivity (Wildman–Crippen MR) is 70.9 cm³/mol. The first kappa shape index (κ1) is 11.5. The van der Waals surface area contributed by atoms with Gasteiger partial charge in [0.15, 0.2) is 0 Å². The predicted octanol–water partition coefficient (Wildman–Crippen LogP) is 3.29. The van der Waals surface area contributed by atoms with Gasteiger partial charge in [-0.3, -0.25) is 5.10 Å². The Morgan fingerprint density at radius 2 is 2.00 bits per heavy atom. The largest absolute Gasteiger partial charge is 0.474 e. The summed E-state index contributed by atoms with van der Waals surface area (Å²) in [5.41, 5.74) is 2.95. The molecule has 2 aromatic heterocycles. The zero-order chi connectivity index (χ0) is 12.5. The second-order valence-electron chi connectivity index (χ2n) is 5.18. The third-order valence-electron chi connectivity index (χ3n) is 3.65. The Balaban J connectivity index is 1.96. The maximum atomic E-state index is 6.12. The minimum absolute atomic E-state index is 0.325. The SMILES string of the molecule is Cc1cc2[nH]nc(C)c2c(OC2CCCCC2)n1. The van der Waals surface area contributed by atoms with Gasteiger partial charge in [0.2, 0.25) is 5.88 Å². The van der Waals surface area contributed by atoms with Crippen LogP contribution in [0.3, 0.4) is 0 Å². The van der Waals surface area contributed by atoms with Crippen LogP contribution >= 0.6 is 0 Å². The molecule has 0 unspecified atom stereocenters. The van der Waals surface area contributed by atoms with Gasteiger partial charge in [-0.05, 0) is 45.6 Å². The maximum absolute atomic E-state index is 6.12. The van der Waals surface area contributed by atoms with Crippen molar-refractivity contribution in [2.24, 2.45) is 0 Å². The second kappa shape index (κ2) is 4.59. The molecule has 0 atom stereocenters. The molecular formula is C14H19N3O. The molecule has 0 amide bonds. The number of H-pyrrole nitrogens is 1. The van der Waals surface area contributed by atoms with Crippen molar-refractivity contribution in [2.75, 3.05) is 0 Å². The van der Waals surface area contributed by atoms with Crippen LogP contribution in [0.2, 0.25) is 0 Å². The van der Waals surface area contributed by atoms with Gasteiger partial charge >= 0.3 is 0 Å². The van der Waals surface area contributed by atoms with Crippen molar-refractivity contribution in [3.05, 3.63) is 17.5 Å². The number of fused-ring (bicyclic) bond motifs is 1. The molecule has 1 fully saturated rings. The first-order chi connectivity index (χ1) is 8.74. The molecular weight excluding hydrogens is 226 g/mol. The van der Waals surface area contributed by atoms with Crippen molar-refractivity contribution in [3.8, 4) is 5.88 Å². The molecule has 1 aliphatic carbocycles. The van der Waals surface area contributed by atoms with Gasteiger partial charge in [-0.2, -0.15) is 5.10 Å². The van der Waals surface area contributed by atoms with Crippen LogP contribution in [0.25, 0.3) is 10.9 Å². The van der Waals surface area contributed by atoms with Gasteiger partial charge in [-0.25, -0.2) is 4.98 Å². The Labute approximate surface area is 107 Å². The fourth-order valence-corrected chi connectivity index (χ4v) is 2.71. The highest BCUT2D eigenvalue weighted by Gasteiger charge is 2.18. The number of pyridine rings is 1. The first-order valence-corrected chi connectivity index (χ1v) is 6.73. The van der Waals surface area contributed by atoms with Crippen LogP contribution < -0.4 is 4.74 Å². The molecule has 0 aromatic carbocycles. The van der Waals surface area contributed by atoms with E-state index in [0.717, 1.165) is 41.0 Å². The van der Waals surface area contributed by atoms with Crippen molar-refractivity contribution in [1.29, 1.82) is 0 Å². The Hall–Kier alpha value is -1.58. The maximum Gasteiger partial charge on any atom is 0.225 e. The van der Waals surface area contributed by atoms with Crippen LogP contribution in [-0.2, 0) is 0 Å². The number of hydrogen-bond donors (Lipinski definition) is 1. The highest BCUT2D eigenvalue weighted by atomic mass is 16.5. The van der Waals surface area contributed by atoms with E-state index in [1.807, 2.05) is 19.9 Å². The van der Waals surface area contributed by atoms with E-state index in [1.54, 1.807) is 0 Å². The number of aromatic amines is 1. The lowest BCUT2D eigenvalue weighted by atomic mass is 9.98. The van der Waals surface area contributed by atoms with Crippen LogP contribution in [0.15, 0.2) is 6.07 Å². The Morgan fingerprint density at radius 3 is 2.78 bits per heavy atom. The van der Waals surface area contributed by atoms with Gasteiger partial charge in [-0.1, -0.05) is 6.42 Å². The van der Waals surface area contributed by atoms with Crippen LogP contribution in [0.1, 0.15) is 43.5 Å². The lowest BCUT2D eigenvalue weighted by Gasteiger charge is -2.22. The number of rotatable bonds is 2. The van der Waals surface area contributed by atoms with E-state index in [2.05, 4.69) is 15.2 Å². The van der Waals surface area contributed by atoms with Gasteiger partial charge in [0.1, 0.15) is 6.10 Å². The Morgan fingerprint density at radius 1 is 1.22 bits per heavy atom. The second-order valence-corrected chi connectivity index (χ2v) is 5.18. The molecule has 1 N–H and O–H groups in total. The van der Waals surface area contributed by atoms with Crippen molar-refractivity contribution in [3.63, 3.8) is 0 Å². The molecule has 18 heavy (non-hydrogen) atoms. The zero-order valence-corrected chi connectivity index (χ0v) is 11.0. The monoisotopic (exact) mass is 245 g/mol. The number of aromatic nitrogens is 3. The lowest BCUT2D eigenvalue weighted by molar-refractivity contribution is 0.150. The van der Waals surface area contributed by atoms with Crippen molar-refractivity contribution in [1.82, 2.24) is 15.2 Å². The molecule has 1 saturated carbocycles. The normalized spacial score (nSPS) is 17.2. The van der Waals surface area contributed by atoms with Gasteiger partial charge in [0, 0.05) is 5.69 Å². The third kappa shape index (κ3) is 2.07. The number of aryl methyl sites for hydroxylation is 2. The summed E-state index contributed by atoms with van der Waals surface area (Å²) in [7, 11) is 0. The number of hydrogen-bond acceptors (Lipinski definition) is 3. The fourth-order valence-electron chi connectivity index (χ4n) is 2.71. The Kier molecular flexibility index (Phi) is 2.94. The first-order valence-electron chi connectivity index (χ1n) is 6.73. The van der Waals surface area contributed by atoms with Gasteiger partial charge in [0.25, 0.3) is 0 Å². The summed E-state index contributed by atoms with van der Waals surface area (Å²) in [5, 5.41) is 8.32. The molecule has 1 aliphatic rings. The van der Waals surface area contributed by atoms with E-state index in [1.165, 1.54) is 19.3 Å². The number of nitrogens with one attached hydrogen (secondary N) is 1. The minimum atomic E-state index is 0.325. The molecule has 4 heteroatoms. The third-order valence-corrected chi connectivity index (χ3v) is 3.65. The molecule has 0 radical (unpaired) electrons. The molecule has 0 spiro atoms. The number of ether oxygens (including phenoxy) is 1. The van der Waals surface area contributed by atoms with Crippen LogP contribution in [-0.4, -0.2) is 21.3 Å². The molecule has 0 aliphatic heterocycles. The highest BCUT2D eigenvalue weighted by Crippen LogP contribution is 2.29. The molecule has 2 heterocycles. The van der Waals surface area contributed by atoms with Crippen molar-refractivity contribution in [2.45, 2.75) is 52.1 Å². The minimum Gasteiger partial charge on any atom is -0.474 e. The van der Waals surface area contributed by atoms with Crippen molar-refractivity contribution >= 4 is 10.9 Å².